The number of nitrogens with one attached hydrogen (secondary N) is 1. The number of amides is 2. The molecule has 0 radical (unpaired) electrons. The number of benzene rings is 3. The first-order valence-corrected chi connectivity index (χ1v) is 13.7. The first-order chi connectivity index (χ1) is 18.5. The Bertz CT molecular complexity index is 1330. The first-order valence-electron chi connectivity index (χ1n) is 13.7. The van der Waals surface area contributed by atoms with Crippen molar-refractivity contribution in [1.29, 1.82) is 0 Å². The number of unbranched alkanes of at least 4 members (excludes halogenated alkanes) is 1. The van der Waals surface area contributed by atoms with Crippen molar-refractivity contribution in [2.75, 3.05) is 13.1 Å². The van der Waals surface area contributed by atoms with Gasteiger partial charge in [-0.2, -0.15) is 0 Å². The Morgan fingerprint density at radius 3 is 2.26 bits per heavy atom. The van der Waals surface area contributed by atoms with Gasteiger partial charge in [-0.1, -0.05) is 74.0 Å². The standard InChI is InChI=1S/C33H39N3O2/c1-4-5-11-26-16-18-28(19-17-26)33(38)36(25(2)3)24-32(37)35(23-27-12-7-6-8-13-27)21-20-29-22-34-31-15-10-9-14-30(29)31/h6-10,12-19,22,25,34H,4-5,11,20-21,23-24H2,1-3H3. The number of aromatic amines is 1. The van der Waals surface area contributed by atoms with Gasteiger partial charge < -0.3 is 14.8 Å². The number of nitrogens with zero attached hydrogens (tertiary/aromatic N) is 2. The third-order valence-corrected chi connectivity index (χ3v) is 7.10. The number of para-hydroxylation sites is 1. The van der Waals surface area contributed by atoms with Gasteiger partial charge in [-0.05, 0) is 68.0 Å². The fourth-order valence-corrected chi connectivity index (χ4v) is 4.78. The van der Waals surface area contributed by atoms with E-state index >= 15 is 0 Å². The number of aryl methyl sites for hydroxylation is 1. The van der Waals surface area contributed by atoms with Crippen LogP contribution in [0.4, 0.5) is 0 Å². The minimum absolute atomic E-state index is 0.0460. The molecule has 5 heteroatoms. The third kappa shape index (κ3) is 6.91. The van der Waals surface area contributed by atoms with Crippen molar-refractivity contribution in [1.82, 2.24) is 14.8 Å². The smallest absolute Gasteiger partial charge is 0.254 e. The maximum absolute atomic E-state index is 13.7. The molecule has 0 spiro atoms. The summed E-state index contributed by atoms with van der Waals surface area (Å²) in [4.78, 5) is 34.1. The van der Waals surface area contributed by atoms with Crippen molar-refractivity contribution in [3.63, 3.8) is 0 Å². The first kappa shape index (κ1) is 27.2. The maximum Gasteiger partial charge on any atom is 0.254 e. The van der Waals surface area contributed by atoms with E-state index in [9.17, 15) is 9.59 Å². The van der Waals surface area contributed by atoms with Gasteiger partial charge in [0.1, 0.15) is 6.54 Å². The molecule has 0 unspecified atom stereocenters. The Morgan fingerprint density at radius 1 is 0.842 bits per heavy atom. The second-order valence-electron chi connectivity index (χ2n) is 10.2. The number of hydrogen-bond donors (Lipinski definition) is 1. The summed E-state index contributed by atoms with van der Waals surface area (Å²) in [5, 5.41) is 1.18. The van der Waals surface area contributed by atoms with E-state index < -0.39 is 0 Å². The Balaban J connectivity index is 1.50. The molecule has 0 bridgehead atoms. The number of aromatic nitrogens is 1. The van der Waals surface area contributed by atoms with Gasteiger partial charge in [0.2, 0.25) is 5.91 Å². The lowest BCUT2D eigenvalue weighted by atomic mass is 10.1. The Morgan fingerprint density at radius 2 is 1.55 bits per heavy atom. The van der Waals surface area contributed by atoms with Crippen molar-refractivity contribution in [2.45, 2.75) is 59.0 Å². The molecule has 0 saturated heterocycles. The maximum atomic E-state index is 13.7. The van der Waals surface area contributed by atoms with E-state index in [-0.39, 0.29) is 24.4 Å². The molecule has 1 N–H and O–H groups in total. The van der Waals surface area contributed by atoms with Crippen LogP contribution < -0.4 is 0 Å². The molecule has 3 aromatic carbocycles. The minimum atomic E-state index is -0.105. The van der Waals surface area contributed by atoms with Crippen molar-refractivity contribution in [3.8, 4) is 0 Å². The van der Waals surface area contributed by atoms with Crippen molar-refractivity contribution in [2.24, 2.45) is 0 Å². The quantitative estimate of drug-likeness (QED) is 0.233. The van der Waals surface area contributed by atoms with Crippen LogP contribution in [-0.2, 0) is 24.2 Å². The molecule has 198 valence electrons. The molecule has 4 rings (SSSR count). The Hall–Kier alpha value is -3.86. The molecule has 5 nitrogen and oxygen atoms in total. The van der Waals surface area contributed by atoms with Crippen molar-refractivity contribution < 1.29 is 9.59 Å². The molecule has 0 atom stereocenters. The van der Waals surface area contributed by atoms with Crippen LogP contribution in [0.2, 0.25) is 0 Å². The number of H-pyrrole nitrogens is 1. The van der Waals surface area contributed by atoms with Gasteiger partial charge in [-0.3, -0.25) is 9.59 Å². The second kappa shape index (κ2) is 13.1. The fourth-order valence-electron chi connectivity index (χ4n) is 4.78. The molecule has 38 heavy (non-hydrogen) atoms. The van der Waals surface area contributed by atoms with Gasteiger partial charge in [-0.15, -0.1) is 0 Å². The number of carbonyl (C=O) groups excluding carboxylic acids is 2. The van der Waals surface area contributed by atoms with Gasteiger partial charge in [0.25, 0.3) is 5.91 Å². The summed E-state index contributed by atoms with van der Waals surface area (Å²) in [6.45, 7) is 7.24. The second-order valence-corrected chi connectivity index (χ2v) is 10.2. The fraction of sp³-hybridized carbons (Fsp3) is 0.333. The third-order valence-electron chi connectivity index (χ3n) is 7.10. The number of hydrogen-bond acceptors (Lipinski definition) is 2. The minimum Gasteiger partial charge on any atom is -0.361 e. The highest BCUT2D eigenvalue weighted by Crippen LogP contribution is 2.19. The highest BCUT2D eigenvalue weighted by molar-refractivity contribution is 5.96. The Labute approximate surface area is 226 Å². The predicted molar refractivity (Wildman–Crippen MR) is 155 cm³/mol. The van der Waals surface area contributed by atoms with E-state index in [0.29, 0.717) is 18.7 Å². The summed E-state index contributed by atoms with van der Waals surface area (Å²) in [6.07, 6.45) is 6.06. The van der Waals surface area contributed by atoms with Gasteiger partial charge in [0.15, 0.2) is 0 Å². The van der Waals surface area contributed by atoms with Crippen molar-refractivity contribution in [3.05, 3.63) is 107 Å². The van der Waals surface area contributed by atoms with Crippen LogP contribution in [0.5, 0.6) is 0 Å². The normalized spacial score (nSPS) is 11.2. The summed E-state index contributed by atoms with van der Waals surface area (Å²) in [7, 11) is 0. The number of fused-ring (bicyclic) bond motifs is 1. The van der Waals surface area contributed by atoms with Crippen LogP contribution in [0.15, 0.2) is 85.1 Å². The lowest BCUT2D eigenvalue weighted by Crippen LogP contribution is -2.46. The zero-order valence-electron chi connectivity index (χ0n) is 22.8. The predicted octanol–water partition coefficient (Wildman–Crippen LogP) is 6.63. The lowest BCUT2D eigenvalue weighted by Gasteiger charge is -2.30. The molecule has 4 aromatic rings. The van der Waals surface area contributed by atoms with Crippen LogP contribution in [0, 0.1) is 0 Å². The summed E-state index contributed by atoms with van der Waals surface area (Å²) < 4.78 is 0. The van der Waals surface area contributed by atoms with Crippen LogP contribution >= 0.6 is 0 Å². The molecule has 1 heterocycles. The van der Waals surface area contributed by atoms with Crippen molar-refractivity contribution >= 4 is 22.7 Å². The van der Waals surface area contributed by atoms with E-state index in [0.717, 1.165) is 36.8 Å². The molecule has 0 fully saturated rings. The molecular formula is C33H39N3O2. The molecule has 1 aromatic heterocycles. The lowest BCUT2D eigenvalue weighted by molar-refractivity contribution is -0.132. The highest BCUT2D eigenvalue weighted by atomic mass is 16.2. The molecule has 0 aliphatic rings. The van der Waals surface area contributed by atoms with E-state index in [4.69, 9.17) is 0 Å². The van der Waals surface area contributed by atoms with E-state index in [1.165, 1.54) is 16.5 Å². The Kier molecular flexibility index (Phi) is 9.36. The van der Waals surface area contributed by atoms with E-state index in [2.05, 4.69) is 24.0 Å². The molecule has 0 saturated carbocycles. The number of carbonyl (C=O) groups is 2. The zero-order chi connectivity index (χ0) is 26.9. The van der Waals surface area contributed by atoms with E-state index in [1.807, 2.05) is 91.7 Å². The summed E-state index contributed by atoms with van der Waals surface area (Å²) in [5.41, 5.74) is 5.22. The monoisotopic (exact) mass is 509 g/mol. The summed E-state index contributed by atoms with van der Waals surface area (Å²) in [5.74, 6) is -0.151. The van der Waals surface area contributed by atoms with Crippen LogP contribution in [0.3, 0.4) is 0 Å². The molecule has 0 aliphatic heterocycles. The zero-order valence-corrected chi connectivity index (χ0v) is 22.8. The summed E-state index contributed by atoms with van der Waals surface area (Å²) in [6, 6.07) is 26.0. The topological polar surface area (TPSA) is 56.4 Å². The van der Waals surface area contributed by atoms with Crippen LogP contribution in [-0.4, -0.2) is 45.7 Å². The van der Waals surface area contributed by atoms with Gasteiger partial charge in [-0.25, -0.2) is 0 Å². The summed E-state index contributed by atoms with van der Waals surface area (Å²) >= 11 is 0. The van der Waals surface area contributed by atoms with Gasteiger partial charge in [0, 0.05) is 41.8 Å². The molecule has 2 amide bonds. The molecule has 0 aliphatic carbocycles. The molecular weight excluding hydrogens is 470 g/mol. The van der Waals surface area contributed by atoms with Gasteiger partial charge >= 0.3 is 0 Å². The van der Waals surface area contributed by atoms with Crippen LogP contribution in [0.1, 0.15) is 60.7 Å². The SMILES string of the molecule is CCCCc1ccc(C(=O)N(CC(=O)N(CCc2c[nH]c3ccccc23)Cc2ccccc2)C(C)C)cc1. The van der Waals surface area contributed by atoms with Gasteiger partial charge in [0.05, 0.1) is 0 Å². The van der Waals surface area contributed by atoms with E-state index in [1.54, 1.807) is 4.90 Å². The van der Waals surface area contributed by atoms with Crippen LogP contribution in [0.25, 0.3) is 10.9 Å². The average molecular weight is 510 g/mol. The average Bonchev–Trinajstić information content (AvgIpc) is 3.36. The largest absolute Gasteiger partial charge is 0.361 e. The highest BCUT2D eigenvalue weighted by Gasteiger charge is 2.25. The number of rotatable bonds is 12.